The van der Waals surface area contributed by atoms with E-state index in [-0.39, 0.29) is 0 Å². The minimum absolute atomic E-state index is 0.637. The number of benzene rings is 1. The van der Waals surface area contributed by atoms with Gasteiger partial charge in [-0.3, -0.25) is 5.10 Å². The van der Waals surface area contributed by atoms with Crippen LogP contribution in [0.4, 0.5) is 5.69 Å². The highest BCUT2D eigenvalue weighted by Crippen LogP contribution is 2.31. The highest BCUT2D eigenvalue weighted by atomic mass is 16.5. The molecule has 0 spiro atoms. The minimum atomic E-state index is 0.637. The molecule has 1 N–H and O–H groups in total. The lowest BCUT2D eigenvalue weighted by Gasteiger charge is -1.98. The summed E-state index contributed by atoms with van der Waals surface area (Å²) in [6.07, 6.45) is 3.17. The Morgan fingerprint density at radius 1 is 1.41 bits per heavy atom. The number of aromatic nitrogens is 3. The molecule has 0 aliphatic rings. The molecule has 82 valence electrons. The molecule has 5 heteroatoms. The predicted molar refractivity (Wildman–Crippen MR) is 62.6 cm³/mol. The molecule has 0 aliphatic heterocycles. The van der Waals surface area contributed by atoms with Crippen molar-refractivity contribution in [2.24, 2.45) is 0 Å². The van der Waals surface area contributed by atoms with Crippen LogP contribution in [0.1, 0.15) is 5.56 Å². The molecule has 0 amide bonds. The Morgan fingerprint density at radius 3 is 3.00 bits per heavy atom. The fourth-order valence-corrected chi connectivity index (χ4v) is 1.82. The summed E-state index contributed by atoms with van der Waals surface area (Å²) >= 11 is 0. The van der Waals surface area contributed by atoms with Crippen LogP contribution < -0.4 is 0 Å². The van der Waals surface area contributed by atoms with Crippen molar-refractivity contribution in [1.29, 1.82) is 0 Å². The summed E-state index contributed by atoms with van der Waals surface area (Å²) in [5.41, 5.74) is 4.04. The number of fused-ring (bicyclic) bond motifs is 1. The van der Waals surface area contributed by atoms with E-state index in [2.05, 4.69) is 20.2 Å². The van der Waals surface area contributed by atoms with Crippen LogP contribution in [0.25, 0.3) is 27.0 Å². The first-order valence-corrected chi connectivity index (χ1v) is 5.05. The van der Waals surface area contributed by atoms with Gasteiger partial charge in [0.05, 0.1) is 23.8 Å². The van der Waals surface area contributed by atoms with E-state index in [1.165, 1.54) is 0 Å². The smallest absolute Gasteiger partial charge is 0.192 e. The number of rotatable bonds is 1. The molecule has 0 saturated heterocycles. The minimum Gasteiger partial charge on any atom is -0.364 e. The van der Waals surface area contributed by atoms with Crippen molar-refractivity contribution in [2.75, 3.05) is 0 Å². The lowest BCUT2D eigenvalue weighted by Crippen LogP contribution is -1.76. The maximum atomic E-state index is 7.07. The lowest BCUT2D eigenvalue weighted by atomic mass is 10.1. The van der Waals surface area contributed by atoms with Crippen LogP contribution in [-0.2, 0) is 0 Å². The van der Waals surface area contributed by atoms with Crippen LogP contribution >= 0.6 is 0 Å². The van der Waals surface area contributed by atoms with Gasteiger partial charge in [-0.15, -0.1) is 0 Å². The first-order valence-electron chi connectivity index (χ1n) is 5.05. The number of hydrogen-bond acceptors (Lipinski definition) is 3. The average molecular weight is 224 g/mol. The van der Waals surface area contributed by atoms with Gasteiger partial charge < -0.3 is 4.52 Å². The number of H-pyrrole nitrogens is 1. The molecule has 2 aromatic heterocycles. The molecular formula is C12H8N4O. The monoisotopic (exact) mass is 224 g/mol. The number of aromatic amines is 1. The number of aryl methyl sites for hydroxylation is 1. The van der Waals surface area contributed by atoms with Crippen molar-refractivity contribution in [2.45, 2.75) is 6.92 Å². The largest absolute Gasteiger partial charge is 0.364 e. The zero-order valence-corrected chi connectivity index (χ0v) is 9.06. The van der Waals surface area contributed by atoms with Crippen molar-refractivity contribution in [3.05, 3.63) is 41.6 Å². The van der Waals surface area contributed by atoms with Crippen LogP contribution in [0.5, 0.6) is 0 Å². The van der Waals surface area contributed by atoms with E-state index in [1.54, 1.807) is 12.5 Å². The third-order valence-electron chi connectivity index (χ3n) is 2.71. The summed E-state index contributed by atoms with van der Waals surface area (Å²) in [5.74, 6) is 0. The highest BCUT2D eigenvalue weighted by Gasteiger charge is 2.11. The summed E-state index contributed by atoms with van der Waals surface area (Å²) in [4.78, 5) is 3.46. The number of hydrogen-bond donors (Lipinski definition) is 1. The topological polar surface area (TPSA) is 59.1 Å². The third-order valence-corrected chi connectivity index (χ3v) is 2.71. The van der Waals surface area contributed by atoms with Gasteiger partial charge in [-0.25, -0.2) is 4.85 Å². The van der Waals surface area contributed by atoms with Gasteiger partial charge in [-0.1, -0.05) is 11.2 Å². The van der Waals surface area contributed by atoms with Gasteiger partial charge in [0.1, 0.15) is 12.0 Å². The molecule has 0 radical (unpaired) electrons. The third kappa shape index (κ3) is 1.39. The van der Waals surface area contributed by atoms with E-state index in [9.17, 15) is 0 Å². The molecule has 17 heavy (non-hydrogen) atoms. The molecule has 0 aliphatic carbocycles. The van der Waals surface area contributed by atoms with Crippen LogP contribution in [0, 0.1) is 13.5 Å². The van der Waals surface area contributed by atoms with Gasteiger partial charge in [-0.05, 0) is 18.6 Å². The van der Waals surface area contributed by atoms with Gasteiger partial charge in [0, 0.05) is 5.39 Å². The van der Waals surface area contributed by atoms with E-state index in [0.29, 0.717) is 5.69 Å². The maximum Gasteiger partial charge on any atom is 0.192 e. The van der Waals surface area contributed by atoms with E-state index in [0.717, 1.165) is 27.7 Å². The molecular weight excluding hydrogens is 216 g/mol. The Morgan fingerprint density at radius 2 is 2.29 bits per heavy atom. The summed E-state index contributed by atoms with van der Waals surface area (Å²) in [6, 6.07) is 3.76. The molecule has 3 aromatic rings. The van der Waals surface area contributed by atoms with Crippen molar-refractivity contribution >= 4 is 16.6 Å². The second-order valence-electron chi connectivity index (χ2n) is 3.78. The van der Waals surface area contributed by atoms with Gasteiger partial charge in [-0.2, -0.15) is 5.10 Å². The molecule has 3 rings (SSSR count). The molecule has 0 bridgehead atoms. The summed E-state index contributed by atoms with van der Waals surface area (Å²) in [6.45, 7) is 8.99. The maximum absolute atomic E-state index is 7.07. The molecule has 1 aromatic carbocycles. The van der Waals surface area contributed by atoms with Crippen LogP contribution in [0.3, 0.4) is 0 Å². The first kappa shape index (κ1) is 9.60. The van der Waals surface area contributed by atoms with Gasteiger partial charge in [0.15, 0.2) is 5.69 Å². The SMILES string of the molecule is [C-]#[N+]c1cc2[nH]nc(-c3cnoc3)c2cc1C. The van der Waals surface area contributed by atoms with Gasteiger partial charge in [0.2, 0.25) is 0 Å². The zero-order valence-electron chi connectivity index (χ0n) is 9.06. The Hall–Kier alpha value is -2.61. The molecule has 0 unspecified atom stereocenters. The lowest BCUT2D eigenvalue weighted by molar-refractivity contribution is 0.420. The summed E-state index contributed by atoms with van der Waals surface area (Å²) < 4.78 is 4.81. The number of nitrogens with one attached hydrogen (secondary N) is 1. The Labute approximate surface area is 96.9 Å². The predicted octanol–water partition coefficient (Wildman–Crippen LogP) is 3.08. The first-order chi connectivity index (χ1) is 8.29. The van der Waals surface area contributed by atoms with E-state index in [4.69, 9.17) is 11.1 Å². The van der Waals surface area contributed by atoms with E-state index in [1.807, 2.05) is 19.1 Å². The van der Waals surface area contributed by atoms with Crippen LogP contribution in [0.15, 0.2) is 29.1 Å². The normalized spacial score (nSPS) is 10.6. The van der Waals surface area contributed by atoms with Crippen LogP contribution in [-0.4, -0.2) is 15.4 Å². The molecule has 0 saturated carbocycles. The summed E-state index contributed by atoms with van der Waals surface area (Å²) in [7, 11) is 0. The van der Waals surface area contributed by atoms with Crippen molar-refractivity contribution < 1.29 is 4.52 Å². The van der Waals surface area contributed by atoms with Gasteiger partial charge >= 0.3 is 0 Å². The fraction of sp³-hybridized carbons (Fsp3) is 0.0833. The summed E-state index contributed by atoms with van der Waals surface area (Å²) in [5, 5.41) is 11.8. The fourth-order valence-electron chi connectivity index (χ4n) is 1.82. The van der Waals surface area contributed by atoms with E-state index < -0.39 is 0 Å². The molecule has 2 heterocycles. The average Bonchev–Trinajstić information content (AvgIpc) is 2.95. The van der Waals surface area contributed by atoms with Crippen molar-refractivity contribution in [3.8, 4) is 11.3 Å². The molecule has 0 fully saturated rings. The number of nitrogens with zero attached hydrogens (tertiary/aromatic N) is 3. The quantitative estimate of drug-likeness (QED) is 0.646. The Kier molecular flexibility index (Phi) is 1.95. The van der Waals surface area contributed by atoms with E-state index >= 15 is 0 Å². The van der Waals surface area contributed by atoms with Crippen molar-refractivity contribution in [3.63, 3.8) is 0 Å². The molecule has 5 nitrogen and oxygen atoms in total. The zero-order chi connectivity index (χ0) is 11.8. The molecule has 0 atom stereocenters. The van der Waals surface area contributed by atoms with Crippen LogP contribution in [0.2, 0.25) is 0 Å². The van der Waals surface area contributed by atoms with Gasteiger partial charge in [0.25, 0.3) is 0 Å². The second kappa shape index (κ2) is 3.46. The Balaban J connectivity index is 2.31. The Bertz CT molecular complexity index is 719. The highest BCUT2D eigenvalue weighted by molar-refractivity contribution is 5.95. The second-order valence-corrected chi connectivity index (χ2v) is 3.78. The van der Waals surface area contributed by atoms with Crippen molar-refractivity contribution in [1.82, 2.24) is 15.4 Å². The standard InChI is InChI=1S/C12H8N4O/c1-7-3-9-11(4-10(7)13-2)15-16-12(9)8-5-14-17-6-8/h3-6H,1H3,(H,15,16).